The Labute approximate surface area is 104 Å². The molecule has 0 spiro atoms. The van der Waals surface area contributed by atoms with Gasteiger partial charge in [0.25, 0.3) is 6.43 Å². The third kappa shape index (κ3) is 3.94. The van der Waals surface area contributed by atoms with Crippen LogP contribution in [0.15, 0.2) is 6.07 Å². The molecule has 104 valence electrons. The fourth-order valence-corrected chi connectivity index (χ4v) is 1.28. The van der Waals surface area contributed by atoms with E-state index >= 15 is 0 Å². The number of rotatable bonds is 4. The summed E-state index contributed by atoms with van der Waals surface area (Å²) in [7, 11) is 1.11. The third-order valence-corrected chi connectivity index (χ3v) is 1.96. The van der Waals surface area contributed by atoms with Gasteiger partial charge in [0.2, 0.25) is 5.88 Å². The molecule has 19 heavy (non-hydrogen) atoms. The normalized spacial score (nSPS) is 11.3. The van der Waals surface area contributed by atoms with Gasteiger partial charge in [0, 0.05) is 11.6 Å². The number of hydrogen-bond donors (Lipinski definition) is 0. The Morgan fingerprint density at radius 2 is 2.05 bits per heavy atom. The van der Waals surface area contributed by atoms with Crippen molar-refractivity contribution in [3.05, 3.63) is 17.3 Å². The molecule has 0 saturated carbocycles. The first-order valence-corrected chi connectivity index (χ1v) is 4.77. The summed E-state index contributed by atoms with van der Waals surface area (Å²) in [5.74, 6) is -1.49. The minimum atomic E-state index is -5.16. The summed E-state index contributed by atoms with van der Waals surface area (Å²) in [6.45, 7) is 0. The van der Waals surface area contributed by atoms with Crippen LogP contribution in [0.2, 0.25) is 0 Å². The van der Waals surface area contributed by atoms with Crippen LogP contribution in [-0.2, 0) is 6.42 Å². The number of aromatic nitrogens is 1. The number of methoxy groups -OCH3 is 1. The van der Waals surface area contributed by atoms with Gasteiger partial charge in [-0.1, -0.05) is 0 Å². The minimum Gasteiger partial charge on any atom is -0.481 e. The summed E-state index contributed by atoms with van der Waals surface area (Å²) in [6.07, 6.45) is -9.02. The molecule has 0 unspecified atom stereocenters. The zero-order valence-corrected chi connectivity index (χ0v) is 9.46. The number of hydrogen-bond acceptors (Lipinski definition) is 4. The molecular formula is C10H7F5N2O2. The molecule has 0 aliphatic heterocycles. The Morgan fingerprint density at radius 1 is 1.42 bits per heavy atom. The Balaban J connectivity index is 3.41. The molecule has 0 saturated heterocycles. The summed E-state index contributed by atoms with van der Waals surface area (Å²) >= 11 is 0. The van der Waals surface area contributed by atoms with Crippen LogP contribution in [0.3, 0.4) is 0 Å². The maximum Gasteiger partial charge on any atom is 0.573 e. The number of nitrogens with zero attached hydrogens (tertiary/aromatic N) is 2. The Kier molecular flexibility index (Phi) is 4.47. The van der Waals surface area contributed by atoms with Gasteiger partial charge in [-0.15, -0.1) is 13.2 Å². The number of pyridine rings is 1. The molecule has 1 aromatic rings. The van der Waals surface area contributed by atoms with Crippen LogP contribution in [0.5, 0.6) is 11.6 Å². The SMILES string of the molecule is COc1cc(CC#N)c(OC(F)(F)F)c(C(F)F)n1. The van der Waals surface area contributed by atoms with E-state index in [0.717, 1.165) is 13.2 Å². The average Bonchev–Trinajstić information content (AvgIpc) is 2.29. The largest absolute Gasteiger partial charge is 0.573 e. The summed E-state index contributed by atoms with van der Waals surface area (Å²) in [5, 5.41) is 8.50. The van der Waals surface area contributed by atoms with Crippen LogP contribution in [0, 0.1) is 11.3 Å². The van der Waals surface area contributed by atoms with Crippen molar-refractivity contribution in [3.63, 3.8) is 0 Å². The van der Waals surface area contributed by atoms with E-state index in [-0.39, 0.29) is 11.4 Å². The summed E-state index contributed by atoms with van der Waals surface area (Å²) in [6, 6.07) is 2.49. The lowest BCUT2D eigenvalue weighted by Gasteiger charge is -2.16. The summed E-state index contributed by atoms with van der Waals surface area (Å²) in [4.78, 5) is 3.21. The Morgan fingerprint density at radius 3 is 2.47 bits per heavy atom. The first kappa shape index (κ1) is 14.9. The van der Waals surface area contributed by atoms with Crippen LogP contribution in [0.4, 0.5) is 22.0 Å². The zero-order valence-electron chi connectivity index (χ0n) is 9.46. The fraction of sp³-hybridized carbons (Fsp3) is 0.400. The van der Waals surface area contributed by atoms with Gasteiger partial charge in [0.05, 0.1) is 19.6 Å². The molecule has 4 nitrogen and oxygen atoms in total. The van der Waals surface area contributed by atoms with E-state index in [1.165, 1.54) is 0 Å². The molecule has 0 aromatic carbocycles. The molecule has 1 rings (SSSR count). The van der Waals surface area contributed by atoms with Gasteiger partial charge in [-0.05, 0) is 0 Å². The van der Waals surface area contributed by atoms with E-state index in [4.69, 9.17) is 5.26 Å². The fourth-order valence-electron chi connectivity index (χ4n) is 1.28. The van der Waals surface area contributed by atoms with Gasteiger partial charge in [0.1, 0.15) is 0 Å². The Hall–Kier alpha value is -2.11. The molecule has 0 atom stereocenters. The lowest BCUT2D eigenvalue weighted by atomic mass is 10.1. The van der Waals surface area contributed by atoms with Gasteiger partial charge in [0.15, 0.2) is 11.4 Å². The highest BCUT2D eigenvalue weighted by atomic mass is 19.4. The van der Waals surface area contributed by atoms with Crippen molar-refractivity contribution in [2.45, 2.75) is 19.2 Å². The van der Waals surface area contributed by atoms with Crippen LogP contribution in [0.1, 0.15) is 17.7 Å². The standard InChI is InChI=1S/C10H7F5N2O2/c1-18-6-4-5(2-3-16)8(19-10(13,14)15)7(17-6)9(11)12/h4,9H,2H2,1H3. The molecule has 1 heterocycles. The second-order valence-corrected chi connectivity index (χ2v) is 3.22. The van der Waals surface area contributed by atoms with E-state index in [2.05, 4.69) is 14.5 Å². The van der Waals surface area contributed by atoms with E-state index in [1.54, 1.807) is 6.07 Å². The average molecular weight is 282 g/mol. The van der Waals surface area contributed by atoms with E-state index in [1.807, 2.05) is 0 Å². The summed E-state index contributed by atoms with van der Waals surface area (Å²) in [5.41, 5.74) is -1.59. The molecular weight excluding hydrogens is 275 g/mol. The maximum atomic E-state index is 12.7. The number of nitriles is 1. The van der Waals surface area contributed by atoms with Crippen LogP contribution >= 0.6 is 0 Å². The molecule has 0 amide bonds. The lowest BCUT2D eigenvalue weighted by molar-refractivity contribution is -0.275. The van der Waals surface area contributed by atoms with Gasteiger partial charge < -0.3 is 9.47 Å². The summed E-state index contributed by atoms with van der Waals surface area (Å²) < 4.78 is 70.0. The van der Waals surface area contributed by atoms with Crippen molar-refractivity contribution >= 4 is 0 Å². The molecule has 0 N–H and O–H groups in total. The predicted molar refractivity (Wildman–Crippen MR) is 51.7 cm³/mol. The van der Waals surface area contributed by atoms with Crippen LogP contribution in [-0.4, -0.2) is 18.5 Å². The predicted octanol–water partition coefficient (Wildman–Crippen LogP) is 2.99. The van der Waals surface area contributed by atoms with Gasteiger partial charge in [-0.3, -0.25) is 0 Å². The first-order valence-electron chi connectivity index (χ1n) is 4.77. The quantitative estimate of drug-likeness (QED) is 0.797. The van der Waals surface area contributed by atoms with Gasteiger partial charge >= 0.3 is 6.36 Å². The first-order chi connectivity index (χ1) is 8.78. The van der Waals surface area contributed by atoms with Crippen LogP contribution in [0.25, 0.3) is 0 Å². The van der Waals surface area contributed by atoms with Gasteiger partial charge in [-0.25, -0.2) is 13.8 Å². The monoisotopic (exact) mass is 282 g/mol. The Bertz CT molecular complexity index is 496. The highest BCUT2D eigenvalue weighted by Crippen LogP contribution is 2.36. The second kappa shape index (κ2) is 5.69. The number of halogens is 5. The second-order valence-electron chi connectivity index (χ2n) is 3.22. The third-order valence-electron chi connectivity index (χ3n) is 1.96. The van der Waals surface area contributed by atoms with Crippen LogP contribution < -0.4 is 9.47 Å². The smallest absolute Gasteiger partial charge is 0.481 e. The van der Waals surface area contributed by atoms with Crippen molar-refractivity contribution in [1.82, 2.24) is 4.98 Å². The van der Waals surface area contributed by atoms with Crippen molar-refractivity contribution in [1.29, 1.82) is 5.26 Å². The van der Waals surface area contributed by atoms with Crippen molar-refractivity contribution < 1.29 is 31.4 Å². The lowest BCUT2D eigenvalue weighted by Crippen LogP contribution is -2.20. The molecule has 0 bridgehead atoms. The molecule has 0 aliphatic rings. The van der Waals surface area contributed by atoms with Crippen molar-refractivity contribution in [3.8, 4) is 17.7 Å². The van der Waals surface area contributed by atoms with Gasteiger partial charge in [-0.2, -0.15) is 5.26 Å². The minimum absolute atomic E-state index is 0.324. The molecule has 0 aliphatic carbocycles. The van der Waals surface area contributed by atoms with E-state index in [0.29, 0.717) is 0 Å². The molecule has 9 heteroatoms. The molecule has 0 fully saturated rings. The van der Waals surface area contributed by atoms with E-state index in [9.17, 15) is 22.0 Å². The van der Waals surface area contributed by atoms with Crippen molar-refractivity contribution in [2.24, 2.45) is 0 Å². The number of alkyl halides is 5. The molecule has 1 aromatic heterocycles. The highest BCUT2D eigenvalue weighted by Gasteiger charge is 2.35. The topological polar surface area (TPSA) is 55.1 Å². The van der Waals surface area contributed by atoms with Crippen molar-refractivity contribution in [2.75, 3.05) is 7.11 Å². The van der Waals surface area contributed by atoms with E-state index < -0.39 is 30.7 Å². The molecule has 0 radical (unpaired) electrons. The number of ether oxygens (including phenoxy) is 2. The zero-order chi connectivity index (χ0) is 14.6. The maximum absolute atomic E-state index is 12.7. The highest BCUT2D eigenvalue weighted by molar-refractivity contribution is 5.43.